The maximum atomic E-state index is 9.90. The van der Waals surface area contributed by atoms with Crippen LogP contribution in [0.1, 0.15) is 84.5 Å². The zero-order valence-electron chi connectivity index (χ0n) is 21.4. The van der Waals surface area contributed by atoms with Crippen LogP contribution in [0, 0.1) is 40.4 Å². The maximum absolute atomic E-state index is 9.90. The molecule has 7 N–H and O–H groups in total. The number of fused-ring (bicyclic) bond motifs is 5. The van der Waals surface area contributed by atoms with E-state index in [-0.39, 0.29) is 6.29 Å². The van der Waals surface area contributed by atoms with E-state index in [9.17, 15) is 15.0 Å². The van der Waals surface area contributed by atoms with Gasteiger partial charge >= 0.3 is 0 Å². The highest BCUT2D eigenvalue weighted by Gasteiger charge is 2.59. The first-order valence-corrected chi connectivity index (χ1v) is 13.6. The van der Waals surface area contributed by atoms with Gasteiger partial charge in [-0.1, -0.05) is 26.7 Å². The summed E-state index contributed by atoms with van der Waals surface area (Å²) >= 11 is 0. The van der Waals surface area contributed by atoms with Gasteiger partial charge in [0.25, 0.3) is 0 Å². The quantitative estimate of drug-likeness (QED) is 0.204. The van der Waals surface area contributed by atoms with Crippen LogP contribution >= 0.6 is 0 Å². The molecule has 0 aromatic carbocycles. The maximum Gasteiger partial charge on any atom is 0.151 e. The van der Waals surface area contributed by atoms with Gasteiger partial charge in [-0.05, 0) is 91.8 Å². The summed E-state index contributed by atoms with van der Waals surface area (Å²) in [5, 5.41) is 62.5. The Morgan fingerprint density at radius 2 is 1.49 bits per heavy atom. The van der Waals surface area contributed by atoms with Crippen molar-refractivity contribution >= 4 is 6.29 Å². The Morgan fingerprint density at radius 1 is 0.800 bits per heavy atom. The summed E-state index contributed by atoms with van der Waals surface area (Å²) in [6.45, 7) is 4.37. The average Bonchev–Trinajstić information content (AvgIpc) is 3.17. The summed E-state index contributed by atoms with van der Waals surface area (Å²) in [5.74, 6) is 4.26. The minimum Gasteiger partial charge on any atom is -0.394 e. The molecular formula is C27H48O8. The molecule has 0 aromatic rings. The van der Waals surface area contributed by atoms with E-state index in [1.165, 1.54) is 64.2 Å². The number of aliphatic hydroxyl groups is 7. The molecule has 0 spiro atoms. The lowest BCUT2D eigenvalue weighted by atomic mass is 9.45. The Bertz CT molecular complexity index is 688. The summed E-state index contributed by atoms with van der Waals surface area (Å²) in [4.78, 5) is 9.90. The van der Waals surface area contributed by atoms with E-state index in [2.05, 4.69) is 13.8 Å². The van der Waals surface area contributed by atoms with Gasteiger partial charge in [-0.3, -0.25) is 0 Å². The molecule has 0 aliphatic heterocycles. The fourth-order valence-electron chi connectivity index (χ4n) is 8.66. The van der Waals surface area contributed by atoms with Gasteiger partial charge in [0.15, 0.2) is 12.6 Å². The van der Waals surface area contributed by atoms with Crippen molar-refractivity contribution in [3.05, 3.63) is 0 Å². The minimum absolute atomic E-state index is 0.0258. The van der Waals surface area contributed by atoms with E-state index in [0.717, 1.165) is 23.7 Å². The van der Waals surface area contributed by atoms with Gasteiger partial charge < -0.3 is 40.5 Å². The van der Waals surface area contributed by atoms with Crippen molar-refractivity contribution in [1.82, 2.24) is 0 Å². The Kier molecular flexibility index (Phi) is 9.80. The van der Waals surface area contributed by atoms with Crippen molar-refractivity contribution in [2.45, 2.75) is 115 Å². The molecule has 4 aliphatic rings. The van der Waals surface area contributed by atoms with Crippen molar-refractivity contribution in [1.29, 1.82) is 0 Å². The molecule has 0 aromatic heterocycles. The second kappa shape index (κ2) is 11.8. The molecule has 4 fully saturated rings. The summed E-state index contributed by atoms with van der Waals surface area (Å²) in [6.07, 6.45) is 6.77. The first-order chi connectivity index (χ1) is 16.5. The fourth-order valence-corrected chi connectivity index (χ4v) is 8.66. The largest absolute Gasteiger partial charge is 0.394 e. The van der Waals surface area contributed by atoms with Gasteiger partial charge in [0.1, 0.15) is 24.4 Å². The molecule has 0 heterocycles. The Morgan fingerprint density at radius 3 is 2.11 bits per heavy atom. The number of aliphatic hydroxyl groups excluding tert-OH is 6. The van der Waals surface area contributed by atoms with E-state index in [1.807, 2.05) is 0 Å². The first-order valence-electron chi connectivity index (χ1n) is 13.6. The highest BCUT2D eigenvalue weighted by molar-refractivity contribution is 5.56. The molecule has 0 radical (unpaired) electrons. The number of rotatable bonds is 7. The van der Waals surface area contributed by atoms with Gasteiger partial charge in [0, 0.05) is 6.42 Å². The normalized spacial score (nSPS) is 41.9. The lowest BCUT2D eigenvalue weighted by Gasteiger charge is -2.60. The zero-order chi connectivity index (χ0) is 26.0. The van der Waals surface area contributed by atoms with Crippen LogP contribution < -0.4 is 0 Å². The van der Waals surface area contributed by atoms with Crippen LogP contribution in [0.15, 0.2) is 0 Å². The van der Waals surface area contributed by atoms with E-state index in [0.29, 0.717) is 23.2 Å². The van der Waals surface area contributed by atoms with Gasteiger partial charge in [-0.15, -0.1) is 0 Å². The molecule has 8 heteroatoms. The van der Waals surface area contributed by atoms with Crippen LogP contribution in [0.4, 0.5) is 0 Å². The molecule has 5 unspecified atom stereocenters. The standard InChI is InChI=1S/C21H36O2.C6H12O6/c1-20-11-4-3-5-14(20)6-8-16-17-9-7-15(13-19(22)23)21(17,2)12-10-18(16)20;7-1-3(9)5(11)6(12)4(10)2-8/h14-19,22-23H,3-13H2,1-2H3;1,3-6,8-12H,2H2/t14?,15-,16+,17+,18+,20+,21-;/m1./s1. The molecular weight excluding hydrogens is 452 g/mol. The summed E-state index contributed by atoms with van der Waals surface area (Å²) < 4.78 is 0. The number of hydrogen-bond donors (Lipinski definition) is 7. The van der Waals surface area contributed by atoms with Gasteiger partial charge in [-0.2, -0.15) is 0 Å². The average molecular weight is 501 g/mol. The Labute approximate surface area is 209 Å². The lowest BCUT2D eigenvalue weighted by Crippen LogP contribution is -2.52. The summed E-state index contributed by atoms with van der Waals surface area (Å²) in [6, 6.07) is 0. The van der Waals surface area contributed by atoms with Crippen molar-refractivity contribution in [3.8, 4) is 0 Å². The molecule has 0 saturated heterocycles. The molecule has 204 valence electrons. The third kappa shape index (κ3) is 5.79. The van der Waals surface area contributed by atoms with Crippen LogP contribution in [0.25, 0.3) is 0 Å². The predicted molar refractivity (Wildman–Crippen MR) is 130 cm³/mol. The molecule has 8 nitrogen and oxygen atoms in total. The first kappa shape index (κ1) is 29.0. The molecule has 35 heavy (non-hydrogen) atoms. The second-order valence-electron chi connectivity index (χ2n) is 12.3. The SMILES string of the molecule is C[C@]12CC[C@H]3[C@@H](CCC4CCCC[C@@]43C)[C@@H]1CC[C@@H]2CC(O)O.O=CC(O)C(O)C(O)C(O)CO. The molecule has 0 amide bonds. The van der Waals surface area contributed by atoms with E-state index in [4.69, 9.17) is 25.5 Å². The topological polar surface area (TPSA) is 159 Å². The van der Waals surface area contributed by atoms with E-state index < -0.39 is 37.3 Å². The van der Waals surface area contributed by atoms with Crippen LogP contribution in [0.2, 0.25) is 0 Å². The van der Waals surface area contributed by atoms with Crippen molar-refractivity contribution in [2.75, 3.05) is 6.61 Å². The number of carbonyl (C=O) groups is 1. The predicted octanol–water partition coefficient (Wildman–Crippen LogP) is 1.36. The highest BCUT2D eigenvalue weighted by Crippen LogP contribution is 2.67. The monoisotopic (exact) mass is 500 g/mol. The van der Waals surface area contributed by atoms with Crippen molar-refractivity contribution in [3.63, 3.8) is 0 Å². The van der Waals surface area contributed by atoms with Gasteiger partial charge in [0.05, 0.1) is 6.61 Å². The van der Waals surface area contributed by atoms with E-state index in [1.54, 1.807) is 0 Å². The Hall–Kier alpha value is -0.610. The van der Waals surface area contributed by atoms with Crippen LogP contribution in [-0.2, 0) is 4.79 Å². The summed E-state index contributed by atoms with van der Waals surface area (Å²) in [5.41, 5.74) is 1.000. The summed E-state index contributed by atoms with van der Waals surface area (Å²) in [7, 11) is 0. The van der Waals surface area contributed by atoms with Crippen molar-refractivity contribution in [2.24, 2.45) is 40.4 Å². The smallest absolute Gasteiger partial charge is 0.151 e. The number of hydrogen-bond acceptors (Lipinski definition) is 8. The molecule has 4 saturated carbocycles. The third-order valence-corrected chi connectivity index (χ3v) is 10.7. The third-order valence-electron chi connectivity index (χ3n) is 10.7. The van der Waals surface area contributed by atoms with E-state index >= 15 is 0 Å². The lowest BCUT2D eigenvalue weighted by molar-refractivity contribution is -0.136. The minimum atomic E-state index is -1.79. The highest BCUT2D eigenvalue weighted by atomic mass is 16.5. The van der Waals surface area contributed by atoms with Crippen molar-refractivity contribution < 1.29 is 40.5 Å². The number of aldehydes is 1. The zero-order valence-corrected chi connectivity index (χ0v) is 21.4. The molecule has 0 bridgehead atoms. The van der Waals surface area contributed by atoms with Crippen LogP contribution in [-0.4, -0.2) is 79.3 Å². The van der Waals surface area contributed by atoms with Gasteiger partial charge in [-0.25, -0.2) is 0 Å². The number of carbonyl (C=O) groups excluding carboxylic acids is 1. The molecule has 4 rings (SSSR count). The van der Waals surface area contributed by atoms with Crippen LogP contribution in [0.5, 0.6) is 0 Å². The molecule has 11 atom stereocenters. The fraction of sp³-hybridized carbons (Fsp3) is 0.963. The van der Waals surface area contributed by atoms with Gasteiger partial charge in [0.2, 0.25) is 0 Å². The molecule has 4 aliphatic carbocycles. The second-order valence-corrected chi connectivity index (χ2v) is 12.3. The Balaban J connectivity index is 0.000000245. The van der Waals surface area contributed by atoms with Crippen LogP contribution in [0.3, 0.4) is 0 Å².